The molecule has 1 heteroatoms. The number of rotatable bonds is 5. The predicted molar refractivity (Wildman–Crippen MR) is 86.0 cm³/mol. The van der Waals surface area contributed by atoms with Gasteiger partial charge in [0.2, 0.25) is 0 Å². The van der Waals surface area contributed by atoms with Crippen molar-refractivity contribution in [1.29, 1.82) is 0 Å². The van der Waals surface area contributed by atoms with Gasteiger partial charge in [-0.15, -0.1) is 0 Å². The van der Waals surface area contributed by atoms with Crippen LogP contribution in [0.3, 0.4) is 0 Å². The summed E-state index contributed by atoms with van der Waals surface area (Å²) in [5.41, 5.74) is 0.487. The van der Waals surface area contributed by atoms with E-state index in [4.69, 9.17) is 0 Å². The van der Waals surface area contributed by atoms with Gasteiger partial charge in [-0.3, -0.25) is 0 Å². The third-order valence-electron chi connectivity index (χ3n) is 2.95. The van der Waals surface area contributed by atoms with E-state index in [1.807, 2.05) is 13.8 Å². The summed E-state index contributed by atoms with van der Waals surface area (Å²) in [4.78, 5) is 0. The monoisotopic (exact) mass is 260 g/mol. The fourth-order valence-corrected chi connectivity index (χ4v) is 2.88. The molecule has 0 rings (SSSR count). The Bertz CT molecular complexity index is 159. The van der Waals surface area contributed by atoms with Crippen molar-refractivity contribution in [3.63, 3.8) is 0 Å². The third-order valence-corrected chi connectivity index (χ3v) is 4.31. The highest BCUT2D eigenvalue weighted by Gasteiger charge is 2.22. The van der Waals surface area contributed by atoms with Crippen molar-refractivity contribution in [2.24, 2.45) is 11.3 Å². The summed E-state index contributed by atoms with van der Waals surface area (Å²) >= 11 is 2.10. The highest BCUT2D eigenvalue weighted by atomic mass is 32.2. The average molecular weight is 261 g/mol. The predicted octanol–water partition coefficient (Wildman–Crippen LogP) is 6.40. The zero-order valence-corrected chi connectivity index (χ0v) is 14.6. The summed E-state index contributed by atoms with van der Waals surface area (Å²) in [7, 11) is 0. The molecule has 17 heavy (non-hydrogen) atoms. The minimum atomic E-state index is 0.434. The van der Waals surface area contributed by atoms with Crippen LogP contribution in [0, 0.1) is 11.3 Å². The van der Waals surface area contributed by atoms with Crippen LogP contribution in [0.15, 0.2) is 0 Å². The minimum absolute atomic E-state index is 0.434. The molecule has 0 spiro atoms. The SMILES string of the molecule is CC.CCC(CCCSC(C)(C)C)C(C)(C)C. The molecule has 0 N–H and O–H groups in total. The molecule has 0 saturated heterocycles. The van der Waals surface area contributed by atoms with Crippen molar-refractivity contribution >= 4 is 11.8 Å². The fraction of sp³-hybridized carbons (Fsp3) is 1.00. The van der Waals surface area contributed by atoms with Crippen molar-refractivity contribution in [3.05, 3.63) is 0 Å². The molecular formula is C16H36S. The molecule has 0 radical (unpaired) electrons. The van der Waals surface area contributed by atoms with Crippen LogP contribution in [-0.4, -0.2) is 10.5 Å². The Labute approximate surface area is 115 Å². The van der Waals surface area contributed by atoms with Gasteiger partial charge in [0, 0.05) is 4.75 Å². The molecule has 0 fully saturated rings. The van der Waals surface area contributed by atoms with Gasteiger partial charge in [0.1, 0.15) is 0 Å². The first-order chi connectivity index (χ1) is 7.67. The normalized spacial score (nSPS) is 13.9. The molecule has 0 aliphatic rings. The standard InChI is InChI=1S/C14H30S.C2H6/c1-8-12(13(2,3)4)10-9-11-15-14(5,6)7;1-2/h12H,8-11H2,1-7H3;1-2H3. The van der Waals surface area contributed by atoms with Gasteiger partial charge in [-0.05, 0) is 29.9 Å². The van der Waals surface area contributed by atoms with Gasteiger partial charge in [0.15, 0.2) is 0 Å². The van der Waals surface area contributed by atoms with E-state index in [-0.39, 0.29) is 0 Å². The van der Waals surface area contributed by atoms with Crippen molar-refractivity contribution in [3.8, 4) is 0 Å². The van der Waals surface area contributed by atoms with Gasteiger partial charge in [0.05, 0.1) is 0 Å². The molecular weight excluding hydrogens is 224 g/mol. The highest BCUT2D eigenvalue weighted by Crippen LogP contribution is 2.33. The van der Waals surface area contributed by atoms with E-state index in [0.717, 1.165) is 5.92 Å². The lowest BCUT2D eigenvalue weighted by molar-refractivity contribution is 0.218. The first kappa shape index (κ1) is 19.7. The molecule has 0 nitrogen and oxygen atoms in total. The number of thioether (sulfide) groups is 1. The molecule has 0 aromatic heterocycles. The maximum absolute atomic E-state index is 2.37. The smallest absolute Gasteiger partial charge is 0.00750 e. The van der Waals surface area contributed by atoms with Gasteiger partial charge < -0.3 is 0 Å². The van der Waals surface area contributed by atoms with Crippen molar-refractivity contribution in [1.82, 2.24) is 0 Å². The average Bonchev–Trinajstić information content (AvgIpc) is 2.17. The van der Waals surface area contributed by atoms with Crippen LogP contribution in [0.2, 0.25) is 0 Å². The second kappa shape index (κ2) is 9.30. The maximum Gasteiger partial charge on any atom is 0.00750 e. The summed E-state index contributed by atoms with van der Waals surface area (Å²) in [5, 5.41) is 0. The van der Waals surface area contributed by atoms with Crippen LogP contribution in [0.25, 0.3) is 0 Å². The van der Waals surface area contributed by atoms with Gasteiger partial charge in [-0.1, -0.05) is 68.7 Å². The highest BCUT2D eigenvalue weighted by molar-refractivity contribution is 8.00. The maximum atomic E-state index is 2.37. The fourth-order valence-electron chi connectivity index (χ4n) is 1.96. The second-order valence-electron chi connectivity index (χ2n) is 6.57. The Hall–Kier alpha value is 0.350. The molecule has 0 bridgehead atoms. The molecule has 106 valence electrons. The van der Waals surface area contributed by atoms with Crippen LogP contribution >= 0.6 is 11.8 Å². The lowest BCUT2D eigenvalue weighted by Gasteiger charge is -2.30. The Balaban J connectivity index is 0. The summed E-state index contributed by atoms with van der Waals surface area (Å²) in [6.45, 7) is 20.4. The Morgan fingerprint density at radius 1 is 0.941 bits per heavy atom. The van der Waals surface area contributed by atoms with Crippen molar-refractivity contribution in [2.75, 3.05) is 5.75 Å². The quantitative estimate of drug-likeness (QED) is 0.516. The molecule has 1 unspecified atom stereocenters. The Morgan fingerprint density at radius 2 is 1.41 bits per heavy atom. The summed E-state index contributed by atoms with van der Waals surface area (Å²) in [5.74, 6) is 2.20. The van der Waals surface area contributed by atoms with E-state index in [2.05, 4.69) is 60.2 Å². The van der Waals surface area contributed by atoms with E-state index < -0.39 is 0 Å². The zero-order chi connectivity index (χ0) is 14.1. The van der Waals surface area contributed by atoms with Crippen LogP contribution in [0.1, 0.15) is 81.6 Å². The molecule has 0 aromatic rings. The molecule has 0 aromatic carbocycles. The van der Waals surface area contributed by atoms with E-state index >= 15 is 0 Å². The number of hydrogen-bond donors (Lipinski definition) is 0. The molecule has 0 heterocycles. The van der Waals surface area contributed by atoms with Gasteiger partial charge in [-0.2, -0.15) is 11.8 Å². The summed E-state index contributed by atoms with van der Waals surface area (Å²) in [6.07, 6.45) is 4.09. The van der Waals surface area contributed by atoms with Gasteiger partial charge >= 0.3 is 0 Å². The van der Waals surface area contributed by atoms with Gasteiger partial charge in [-0.25, -0.2) is 0 Å². The van der Waals surface area contributed by atoms with Crippen molar-refractivity contribution in [2.45, 2.75) is 86.3 Å². The van der Waals surface area contributed by atoms with Crippen LogP contribution < -0.4 is 0 Å². The Kier molecular flexibility index (Phi) is 10.8. The first-order valence-electron chi connectivity index (χ1n) is 7.31. The zero-order valence-electron chi connectivity index (χ0n) is 13.8. The summed E-state index contributed by atoms with van der Waals surface area (Å²) in [6, 6.07) is 0. The van der Waals surface area contributed by atoms with E-state index in [0.29, 0.717) is 10.2 Å². The lowest BCUT2D eigenvalue weighted by Crippen LogP contribution is -2.20. The molecule has 0 aliphatic heterocycles. The summed E-state index contributed by atoms with van der Waals surface area (Å²) < 4.78 is 0.434. The number of hydrogen-bond acceptors (Lipinski definition) is 1. The first-order valence-corrected chi connectivity index (χ1v) is 8.29. The van der Waals surface area contributed by atoms with Crippen LogP contribution in [-0.2, 0) is 0 Å². The molecule has 0 aliphatic carbocycles. The largest absolute Gasteiger partial charge is 0.156 e. The van der Waals surface area contributed by atoms with Crippen molar-refractivity contribution < 1.29 is 0 Å². The molecule has 0 amide bonds. The second-order valence-corrected chi connectivity index (χ2v) is 8.50. The van der Waals surface area contributed by atoms with E-state index in [1.54, 1.807) is 0 Å². The lowest BCUT2D eigenvalue weighted by atomic mass is 9.77. The minimum Gasteiger partial charge on any atom is -0.156 e. The molecule has 1 atom stereocenters. The molecule has 0 saturated carbocycles. The van der Waals surface area contributed by atoms with Crippen LogP contribution in [0.4, 0.5) is 0 Å². The van der Waals surface area contributed by atoms with Gasteiger partial charge in [0.25, 0.3) is 0 Å². The third kappa shape index (κ3) is 12.6. The van der Waals surface area contributed by atoms with Crippen LogP contribution in [0.5, 0.6) is 0 Å². The Morgan fingerprint density at radius 3 is 1.71 bits per heavy atom. The van der Waals surface area contributed by atoms with E-state index in [9.17, 15) is 0 Å². The topological polar surface area (TPSA) is 0 Å². The van der Waals surface area contributed by atoms with E-state index in [1.165, 1.54) is 25.0 Å².